The smallest absolute Gasteiger partial charge is 0.221 e. The highest BCUT2D eigenvalue weighted by molar-refractivity contribution is 5.77. The molecule has 1 aromatic rings. The van der Waals surface area contributed by atoms with Crippen LogP contribution in [0.1, 0.15) is 38.5 Å². The first-order valence-electron chi connectivity index (χ1n) is 8.19. The van der Waals surface area contributed by atoms with Crippen molar-refractivity contribution in [2.24, 2.45) is 0 Å². The highest BCUT2D eigenvalue weighted by Crippen LogP contribution is 2.22. The van der Waals surface area contributed by atoms with Crippen LogP contribution in [0, 0.1) is 0 Å². The number of carbonyl (C=O) groups is 1. The molecule has 3 rings (SSSR count). The number of hydrogen-bond donors (Lipinski definition) is 2. The lowest BCUT2D eigenvalue weighted by Crippen LogP contribution is -2.29. The van der Waals surface area contributed by atoms with Crippen LogP contribution in [-0.4, -0.2) is 31.6 Å². The Labute approximate surface area is 126 Å². The van der Waals surface area contributed by atoms with Gasteiger partial charge in [0.1, 0.15) is 0 Å². The zero-order chi connectivity index (χ0) is 14.5. The van der Waals surface area contributed by atoms with E-state index < -0.39 is 0 Å². The molecule has 1 amide bonds. The Morgan fingerprint density at radius 3 is 2.48 bits per heavy atom. The highest BCUT2D eigenvalue weighted by Gasteiger charge is 2.22. The summed E-state index contributed by atoms with van der Waals surface area (Å²) in [4.78, 5) is 14.0. The summed E-state index contributed by atoms with van der Waals surface area (Å²) in [6, 6.07) is 9.04. The first-order chi connectivity index (χ1) is 10.3. The van der Waals surface area contributed by atoms with Crippen molar-refractivity contribution in [1.82, 2.24) is 5.32 Å². The number of anilines is 2. The van der Waals surface area contributed by atoms with Crippen LogP contribution in [0.4, 0.5) is 11.4 Å². The Morgan fingerprint density at radius 1 is 1.10 bits per heavy atom. The molecule has 114 valence electrons. The van der Waals surface area contributed by atoms with E-state index in [-0.39, 0.29) is 5.91 Å². The minimum absolute atomic E-state index is 0.162. The molecule has 2 aliphatic rings. The van der Waals surface area contributed by atoms with Crippen LogP contribution in [0.2, 0.25) is 0 Å². The second-order valence-electron chi connectivity index (χ2n) is 6.11. The van der Waals surface area contributed by atoms with E-state index in [0.29, 0.717) is 19.0 Å². The Bertz CT molecular complexity index is 461. The van der Waals surface area contributed by atoms with E-state index in [1.165, 1.54) is 38.0 Å². The number of amides is 1. The molecule has 0 atom stereocenters. The van der Waals surface area contributed by atoms with Gasteiger partial charge in [0.15, 0.2) is 0 Å². The molecule has 1 saturated carbocycles. The number of benzene rings is 1. The molecule has 0 bridgehead atoms. The van der Waals surface area contributed by atoms with E-state index in [0.717, 1.165) is 18.5 Å². The van der Waals surface area contributed by atoms with Crippen LogP contribution < -0.4 is 15.5 Å². The third-order valence-corrected chi connectivity index (χ3v) is 4.21. The Balaban J connectivity index is 1.42. The summed E-state index contributed by atoms with van der Waals surface area (Å²) in [5.41, 5.74) is 2.40. The van der Waals surface area contributed by atoms with Crippen molar-refractivity contribution >= 4 is 17.3 Å². The fourth-order valence-corrected chi connectivity index (χ4v) is 2.79. The van der Waals surface area contributed by atoms with Gasteiger partial charge >= 0.3 is 0 Å². The fraction of sp³-hybridized carbons (Fsp3) is 0.588. The van der Waals surface area contributed by atoms with Gasteiger partial charge in [-0.25, -0.2) is 0 Å². The quantitative estimate of drug-likeness (QED) is 0.845. The molecule has 4 nitrogen and oxygen atoms in total. The highest BCUT2D eigenvalue weighted by atomic mass is 16.1. The van der Waals surface area contributed by atoms with Gasteiger partial charge in [-0.15, -0.1) is 0 Å². The van der Waals surface area contributed by atoms with Gasteiger partial charge in [0.05, 0.1) is 0 Å². The van der Waals surface area contributed by atoms with E-state index in [4.69, 9.17) is 0 Å². The molecule has 1 aliphatic carbocycles. The fourth-order valence-electron chi connectivity index (χ4n) is 2.79. The molecule has 2 fully saturated rings. The summed E-state index contributed by atoms with van der Waals surface area (Å²) in [5, 5.41) is 6.33. The van der Waals surface area contributed by atoms with Gasteiger partial charge in [-0.05, 0) is 56.4 Å². The SMILES string of the molecule is O=C(CCNc1ccc(N2CCCCC2)cc1)NC1CC1. The normalized spacial score (nSPS) is 18.4. The molecule has 2 N–H and O–H groups in total. The summed E-state index contributed by atoms with van der Waals surface area (Å²) in [7, 11) is 0. The molecule has 0 unspecified atom stereocenters. The molecule has 0 spiro atoms. The van der Waals surface area contributed by atoms with Crippen molar-refractivity contribution in [3.8, 4) is 0 Å². The molecule has 21 heavy (non-hydrogen) atoms. The standard InChI is InChI=1S/C17H25N3O/c21-17(19-15-4-5-15)10-11-18-14-6-8-16(9-7-14)20-12-2-1-3-13-20/h6-9,15,18H,1-5,10-13H2,(H,19,21). The van der Waals surface area contributed by atoms with Gasteiger partial charge in [-0.2, -0.15) is 0 Å². The van der Waals surface area contributed by atoms with Crippen LogP contribution in [0.25, 0.3) is 0 Å². The minimum atomic E-state index is 0.162. The van der Waals surface area contributed by atoms with Gasteiger partial charge in [0.25, 0.3) is 0 Å². The van der Waals surface area contributed by atoms with Gasteiger partial charge < -0.3 is 15.5 Å². The van der Waals surface area contributed by atoms with E-state index in [2.05, 4.69) is 39.8 Å². The number of hydrogen-bond acceptors (Lipinski definition) is 3. The van der Waals surface area contributed by atoms with Crippen LogP contribution in [-0.2, 0) is 4.79 Å². The number of nitrogens with zero attached hydrogens (tertiary/aromatic N) is 1. The van der Waals surface area contributed by atoms with Crippen molar-refractivity contribution < 1.29 is 4.79 Å². The van der Waals surface area contributed by atoms with E-state index >= 15 is 0 Å². The number of nitrogens with one attached hydrogen (secondary N) is 2. The van der Waals surface area contributed by atoms with Crippen LogP contribution in [0.15, 0.2) is 24.3 Å². The minimum Gasteiger partial charge on any atom is -0.385 e. The maximum Gasteiger partial charge on any atom is 0.221 e. The van der Waals surface area contributed by atoms with Crippen molar-refractivity contribution in [2.75, 3.05) is 29.9 Å². The van der Waals surface area contributed by atoms with Crippen molar-refractivity contribution in [1.29, 1.82) is 0 Å². The summed E-state index contributed by atoms with van der Waals surface area (Å²) in [6.45, 7) is 3.05. The zero-order valence-electron chi connectivity index (χ0n) is 12.6. The molecule has 1 heterocycles. The molecule has 4 heteroatoms. The van der Waals surface area contributed by atoms with Gasteiger partial charge in [0.2, 0.25) is 5.91 Å². The Kier molecular flexibility index (Phi) is 4.63. The molecular formula is C17H25N3O. The topological polar surface area (TPSA) is 44.4 Å². The first-order valence-corrected chi connectivity index (χ1v) is 8.19. The molecule has 0 radical (unpaired) electrons. The van der Waals surface area contributed by atoms with Gasteiger partial charge in [-0.3, -0.25) is 4.79 Å². The third kappa shape index (κ3) is 4.38. The average molecular weight is 287 g/mol. The van der Waals surface area contributed by atoms with Crippen molar-refractivity contribution in [3.05, 3.63) is 24.3 Å². The molecule has 1 saturated heterocycles. The van der Waals surface area contributed by atoms with Crippen molar-refractivity contribution in [3.63, 3.8) is 0 Å². The summed E-state index contributed by atoms with van der Waals surface area (Å²) >= 11 is 0. The average Bonchev–Trinajstić information content (AvgIpc) is 3.33. The summed E-state index contributed by atoms with van der Waals surface area (Å²) in [5.74, 6) is 0.162. The van der Waals surface area contributed by atoms with E-state index in [1.54, 1.807) is 0 Å². The van der Waals surface area contributed by atoms with Crippen LogP contribution in [0.5, 0.6) is 0 Å². The van der Waals surface area contributed by atoms with Crippen LogP contribution >= 0.6 is 0 Å². The summed E-state index contributed by atoms with van der Waals surface area (Å²) in [6.07, 6.45) is 6.81. The second-order valence-corrected chi connectivity index (χ2v) is 6.11. The first kappa shape index (κ1) is 14.2. The Hall–Kier alpha value is -1.71. The lowest BCUT2D eigenvalue weighted by atomic mass is 10.1. The summed E-state index contributed by atoms with van der Waals surface area (Å²) < 4.78 is 0. The Morgan fingerprint density at radius 2 is 1.81 bits per heavy atom. The molecule has 1 aliphatic heterocycles. The predicted molar refractivity (Wildman–Crippen MR) is 86.8 cm³/mol. The van der Waals surface area contributed by atoms with Gasteiger partial charge in [-0.1, -0.05) is 0 Å². The largest absolute Gasteiger partial charge is 0.385 e. The van der Waals surface area contributed by atoms with E-state index in [9.17, 15) is 4.79 Å². The maximum absolute atomic E-state index is 11.6. The van der Waals surface area contributed by atoms with Crippen molar-refractivity contribution in [2.45, 2.75) is 44.6 Å². The predicted octanol–water partition coefficient (Wildman–Crippen LogP) is 2.76. The monoisotopic (exact) mass is 287 g/mol. The lowest BCUT2D eigenvalue weighted by Gasteiger charge is -2.28. The van der Waals surface area contributed by atoms with Gasteiger partial charge in [0, 0.05) is 43.5 Å². The number of carbonyl (C=O) groups excluding carboxylic acids is 1. The van der Waals surface area contributed by atoms with Crippen LogP contribution in [0.3, 0.4) is 0 Å². The zero-order valence-corrected chi connectivity index (χ0v) is 12.6. The molecular weight excluding hydrogens is 262 g/mol. The lowest BCUT2D eigenvalue weighted by molar-refractivity contribution is -0.120. The number of piperidine rings is 1. The second kappa shape index (κ2) is 6.83. The maximum atomic E-state index is 11.6. The number of rotatable bonds is 6. The molecule has 0 aromatic heterocycles. The van der Waals surface area contributed by atoms with E-state index in [1.807, 2.05) is 0 Å². The third-order valence-electron chi connectivity index (χ3n) is 4.21. The molecule has 1 aromatic carbocycles.